The molecule has 5 nitrogen and oxygen atoms in total. The van der Waals surface area contributed by atoms with Gasteiger partial charge in [-0.15, -0.1) is 0 Å². The van der Waals surface area contributed by atoms with Crippen LogP contribution < -0.4 is 16.4 Å². The molecule has 7 heteroatoms. The molecule has 0 saturated heterocycles. The highest BCUT2D eigenvalue weighted by atomic mass is 127. The molecule has 3 rings (SSSR count). The predicted molar refractivity (Wildman–Crippen MR) is 104 cm³/mol. The summed E-state index contributed by atoms with van der Waals surface area (Å²) in [5.41, 5.74) is 6.90. The van der Waals surface area contributed by atoms with E-state index in [0.29, 0.717) is 5.82 Å². The number of benzene rings is 1. The number of hydrogen-bond acceptors (Lipinski definition) is 4. The van der Waals surface area contributed by atoms with E-state index < -0.39 is 5.82 Å². The van der Waals surface area contributed by atoms with Crippen LogP contribution in [0, 0.1) is 9.39 Å². The smallest absolute Gasteiger partial charge is 0.255 e. The van der Waals surface area contributed by atoms with Crippen LogP contribution >= 0.6 is 22.6 Å². The van der Waals surface area contributed by atoms with E-state index in [9.17, 15) is 9.18 Å². The summed E-state index contributed by atoms with van der Waals surface area (Å²) in [6, 6.07) is 9.16. The topological polar surface area (TPSA) is 80.0 Å². The molecule has 0 aliphatic heterocycles. The lowest BCUT2D eigenvalue weighted by Crippen LogP contribution is -2.40. The van der Waals surface area contributed by atoms with E-state index >= 15 is 0 Å². The van der Waals surface area contributed by atoms with Crippen molar-refractivity contribution in [2.45, 2.75) is 37.8 Å². The summed E-state index contributed by atoms with van der Waals surface area (Å²) >= 11 is 2.20. The van der Waals surface area contributed by atoms with Gasteiger partial charge in [-0.1, -0.05) is 6.07 Å². The van der Waals surface area contributed by atoms with Crippen LogP contribution in [0.25, 0.3) is 0 Å². The number of carbonyl (C=O) groups is 1. The number of nitrogens with one attached hydrogen (secondary N) is 2. The molecule has 0 spiro atoms. The second-order valence-electron chi connectivity index (χ2n) is 6.27. The predicted octanol–water partition coefficient (Wildman–Crippen LogP) is 3.57. The van der Waals surface area contributed by atoms with Crippen molar-refractivity contribution >= 4 is 40.0 Å². The van der Waals surface area contributed by atoms with E-state index in [0.717, 1.165) is 41.1 Å². The highest BCUT2D eigenvalue weighted by Crippen LogP contribution is 2.22. The fourth-order valence-corrected chi connectivity index (χ4v) is 3.48. The molecule has 1 aromatic carbocycles. The van der Waals surface area contributed by atoms with Gasteiger partial charge in [-0.25, -0.2) is 9.37 Å². The lowest BCUT2D eigenvalue weighted by Gasteiger charge is -2.27. The third kappa shape index (κ3) is 4.88. The normalized spacial score (nSPS) is 20.1. The molecular weight excluding hydrogens is 434 g/mol. The molecular formula is C18H20FIN4O. The molecule has 4 N–H and O–H groups in total. The maximum Gasteiger partial charge on any atom is 0.255 e. The van der Waals surface area contributed by atoms with Gasteiger partial charge in [-0.05, 0) is 72.5 Å². The lowest BCUT2D eigenvalue weighted by atomic mass is 9.91. The summed E-state index contributed by atoms with van der Waals surface area (Å²) in [4.78, 5) is 16.7. The molecule has 132 valence electrons. The average molecular weight is 454 g/mol. The Morgan fingerprint density at radius 3 is 2.72 bits per heavy atom. The number of amides is 1. The van der Waals surface area contributed by atoms with Crippen molar-refractivity contribution in [3.8, 4) is 0 Å². The van der Waals surface area contributed by atoms with Crippen LogP contribution in [0.4, 0.5) is 15.9 Å². The van der Waals surface area contributed by atoms with Crippen LogP contribution in [-0.4, -0.2) is 23.0 Å². The fraction of sp³-hybridized carbons (Fsp3) is 0.333. The number of nitrogens with two attached hydrogens (primary N) is 1. The Morgan fingerprint density at radius 1 is 1.24 bits per heavy atom. The fourth-order valence-electron chi connectivity index (χ4n) is 2.94. The first kappa shape index (κ1) is 18.1. The number of anilines is 2. The quantitative estimate of drug-likeness (QED) is 0.618. The van der Waals surface area contributed by atoms with Gasteiger partial charge in [0.1, 0.15) is 11.6 Å². The Balaban J connectivity index is 1.77. The van der Waals surface area contributed by atoms with Crippen LogP contribution in [0.2, 0.25) is 0 Å². The first-order valence-corrected chi connectivity index (χ1v) is 9.34. The van der Waals surface area contributed by atoms with Crippen LogP contribution in [-0.2, 0) is 0 Å². The maximum atomic E-state index is 13.7. The summed E-state index contributed by atoms with van der Waals surface area (Å²) in [5.74, 6) is -0.516. The van der Waals surface area contributed by atoms with Crippen molar-refractivity contribution in [3.63, 3.8) is 0 Å². The molecule has 1 aliphatic carbocycles. The summed E-state index contributed by atoms with van der Waals surface area (Å²) in [6.07, 6.45) is 4.57. The standard InChI is InChI=1S/C18H20FIN4O/c19-11-8-16(18(25)24-14-6-4-13(21)5-7-14)17(22-10-11)23-15-3-1-2-12(20)9-15/h1-3,8-10,13-14H,4-7,21H2,(H,22,23)(H,24,25). The second-order valence-corrected chi connectivity index (χ2v) is 7.52. The van der Waals surface area contributed by atoms with Crippen molar-refractivity contribution in [1.29, 1.82) is 0 Å². The molecule has 0 radical (unpaired) electrons. The van der Waals surface area contributed by atoms with Crippen LogP contribution in [0.3, 0.4) is 0 Å². The number of carbonyl (C=O) groups excluding carboxylic acids is 1. The molecule has 25 heavy (non-hydrogen) atoms. The van der Waals surface area contributed by atoms with Gasteiger partial charge in [0.05, 0.1) is 11.8 Å². The maximum absolute atomic E-state index is 13.7. The number of nitrogens with zero attached hydrogens (tertiary/aromatic N) is 1. The van der Waals surface area contributed by atoms with E-state index in [1.165, 1.54) is 6.07 Å². The average Bonchev–Trinajstić information content (AvgIpc) is 2.58. The lowest BCUT2D eigenvalue weighted by molar-refractivity contribution is 0.0926. The molecule has 1 aliphatic rings. The molecule has 2 aromatic rings. The van der Waals surface area contributed by atoms with E-state index in [1.807, 2.05) is 24.3 Å². The van der Waals surface area contributed by atoms with Crippen molar-refractivity contribution in [2.24, 2.45) is 5.73 Å². The third-order valence-corrected chi connectivity index (χ3v) is 4.96. The van der Waals surface area contributed by atoms with E-state index in [-0.39, 0.29) is 23.6 Å². The highest BCUT2D eigenvalue weighted by molar-refractivity contribution is 14.1. The summed E-state index contributed by atoms with van der Waals surface area (Å²) in [6.45, 7) is 0. The number of halogens is 2. The first-order chi connectivity index (χ1) is 12.0. The Morgan fingerprint density at radius 2 is 2.00 bits per heavy atom. The zero-order valence-electron chi connectivity index (χ0n) is 13.6. The summed E-state index contributed by atoms with van der Waals surface area (Å²) < 4.78 is 14.7. The summed E-state index contributed by atoms with van der Waals surface area (Å²) in [5, 5.41) is 6.08. The van der Waals surface area contributed by atoms with Crippen molar-refractivity contribution < 1.29 is 9.18 Å². The summed E-state index contributed by atoms with van der Waals surface area (Å²) in [7, 11) is 0. The molecule has 1 fully saturated rings. The molecule has 0 bridgehead atoms. The zero-order valence-corrected chi connectivity index (χ0v) is 15.8. The zero-order chi connectivity index (χ0) is 17.8. The van der Waals surface area contributed by atoms with Crippen LogP contribution in [0.15, 0.2) is 36.5 Å². The van der Waals surface area contributed by atoms with Gasteiger partial charge in [0.15, 0.2) is 0 Å². The van der Waals surface area contributed by atoms with Crippen molar-refractivity contribution in [2.75, 3.05) is 5.32 Å². The second kappa shape index (κ2) is 8.09. The van der Waals surface area contributed by atoms with Crippen LogP contribution in [0.5, 0.6) is 0 Å². The number of hydrogen-bond donors (Lipinski definition) is 3. The monoisotopic (exact) mass is 454 g/mol. The Labute approximate surface area is 159 Å². The van der Waals surface area contributed by atoms with E-state index in [2.05, 4.69) is 38.2 Å². The molecule has 1 heterocycles. The minimum Gasteiger partial charge on any atom is -0.349 e. The third-order valence-electron chi connectivity index (χ3n) is 4.29. The van der Waals surface area contributed by atoms with Gasteiger partial charge < -0.3 is 16.4 Å². The number of pyridine rings is 1. The van der Waals surface area contributed by atoms with E-state index in [4.69, 9.17) is 5.73 Å². The van der Waals surface area contributed by atoms with Crippen LogP contribution in [0.1, 0.15) is 36.0 Å². The van der Waals surface area contributed by atoms with Gasteiger partial charge in [-0.3, -0.25) is 4.79 Å². The first-order valence-electron chi connectivity index (χ1n) is 8.26. The Bertz CT molecular complexity index is 762. The molecule has 0 atom stereocenters. The molecule has 0 unspecified atom stereocenters. The van der Waals surface area contributed by atoms with Gasteiger partial charge >= 0.3 is 0 Å². The largest absolute Gasteiger partial charge is 0.349 e. The van der Waals surface area contributed by atoms with Gasteiger partial charge in [0.25, 0.3) is 5.91 Å². The Hall–Kier alpha value is -1.74. The minimum absolute atomic E-state index is 0.0705. The number of aromatic nitrogens is 1. The van der Waals surface area contributed by atoms with Gasteiger partial charge in [0.2, 0.25) is 0 Å². The molecule has 1 aromatic heterocycles. The van der Waals surface area contributed by atoms with Gasteiger partial charge in [-0.2, -0.15) is 0 Å². The van der Waals surface area contributed by atoms with Crippen molar-refractivity contribution in [3.05, 3.63) is 51.5 Å². The minimum atomic E-state index is -0.538. The SMILES string of the molecule is NC1CCC(NC(=O)c2cc(F)cnc2Nc2cccc(I)c2)CC1. The van der Waals surface area contributed by atoms with Crippen molar-refractivity contribution in [1.82, 2.24) is 10.3 Å². The highest BCUT2D eigenvalue weighted by Gasteiger charge is 2.22. The molecule has 1 amide bonds. The Kier molecular flexibility index (Phi) is 5.85. The van der Waals surface area contributed by atoms with Gasteiger partial charge in [0, 0.05) is 21.3 Å². The van der Waals surface area contributed by atoms with E-state index in [1.54, 1.807) is 0 Å². The number of rotatable bonds is 4. The molecule has 1 saturated carbocycles.